The predicted octanol–water partition coefficient (Wildman–Crippen LogP) is 4.58. The van der Waals surface area contributed by atoms with E-state index in [0.717, 1.165) is 35.9 Å². The molecule has 2 fully saturated rings. The molecular weight excluding hydrogens is 331 g/mol. The van der Waals surface area contributed by atoms with Gasteiger partial charge in [-0.2, -0.15) is 5.10 Å². The zero-order valence-corrected chi connectivity index (χ0v) is 15.0. The molecule has 2 atom stereocenters. The van der Waals surface area contributed by atoms with Crippen molar-refractivity contribution in [2.24, 2.45) is 11.8 Å². The van der Waals surface area contributed by atoms with Crippen molar-refractivity contribution in [2.75, 3.05) is 6.61 Å². The molecule has 1 aromatic carbocycles. The van der Waals surface area contributed by atoms with Gasteiger partial charge in [-0.05, 0) is 81.0 Å². The number of hydrogen-bond acceptors (Lipinski definition) is 3. The van der Waals surface area contributed by atoms with Crippen LogP contribution in [-0.4, -0.2) is 22.4 Å². The number of carbonyl (C=O) groups excluding carboxylic acids is 1. The van der Waals surface area contributed by atoms with Crippen LogP contribution in [0.15, 0.2) is 24.3 Å². The summed E-state index contributed by atoms with van der Waals surface area (Å²) in [5, 5.41) is 4.69. The Morgan fingerprint density at radius 3 is 2.42 bits per heavy atom. The second-order valence-corrected chi connectivity index (χ2v) is 8.06. The predicted molar refractivity (Wildman–Crippen MR) is 95.0 cm³/mol. The number of aromatic nitrogens is 2. The van der Waals surface area contributed by atoms with E-state index < -0.39 is 0 Å². The summed E-state index contributed by atoms with van der Waals surface area (Å²) in [6.45, 7) is 2.16. The lowest BCUT2D eigenvalue weighted by molar-refractivity contribution is 0.0515. The number of benzene rings is 1. The maximum atomic E-state index is 13.4. The number of esters is 1. The third-order valence-electron chi connectivity index (χ3n) is 6.43. The first-order valence-corrected chi connectivity index (χ1v) is 9.70. The average Bonchev–Trinajstić information content (AvgIpc) is 2.94. The van der Waals surface area contributed by atoms with E-state index in [2.05, 4.69) is 0 Å². The minimum atomic E-state index is -0.328. The summed E-state index contributed by atoms with van der Waals surface area (Å²) >= 11 is 0. The molecular formula is C21H23FN2O2. The molecule has 2 aromatic rings. The first-order chi connectivity index (χ1) is 12.6. The Hall–Kier alpha value is -2.17. The molecule has 2 saturated carbocycles. The van der Waals surface area contributed by atoms with Gasteiger partial charge in [0.15, 0.2) is 5.69 Å². The summed E-state index contributed by atoms with van der Waals surface area (Å²) in [7, 11) is 0. The lowest BCUT2D eigenvalue weighted by Crippen LogP contribution is -2.27. The van der Waals surface area contributed by atoms with E-state index in [1.54, 1.807) is 12.1 Å². The van der Waals surface area contributed by atoms with Crippen molar-refractivity contribution >= 4 is 5.97 Å². The first kappa shape index (κ1) is 16.0. The molecule has 5 heteroatoms. The number of nitrogens with zero attached hydrogens (tertiary/aromatic N) is 2. The highest BCUT2D eigenvalue weighted by atomic mass is 19.1. The van der Waals surface area contributed by atoms with Gasteiger partial charge in [0, 0.05) is 11.5 Å². The van der Waals surface area contributed by atoms with E-state index >= 15 is 0 Å². The zero-order chi connectivity index (χ0) is 17.8. The normalized spacial score (nSPS) is 28.7. The smallest absolute Gasteiger partial charge is 0.359 e. The molecule has 26 heavy (non-hydrogen) atoms. The molecule has 4 aliphatic carbocycles. The monoisotopic (exact) mass is 354 g/mol. The van der Waals surface area contributed by atoms with Crippen LogP contribution in [0.5, 0.6) is 0 Å². The molecule has 4 aliphatic rings. The van der Waals surface area contributed by atoms with Crippen molar-refractivity contribution in [3.05, 3.63) is 47.0 Å². The van der Waals surface area contributed by atoms with Gasteiger partial charge in [-0.3, -0.25) is 0 Å². The second-order valence-electron chi connectivity index (χ2n) is 8.06. The highest BCUT2D eigenvalue weighted by Crippen LogP contribution is 2.57. The quantitative estimate of drug-likeness (QED) is 0.758. The van der Waals surface area contributed by atoms with E-state index in [0.29, 0.717) is 24.1 Å². The van der Waals surface area contributed by atoms with Crippen LogP contribution < -0.4 is 0 Å². The van der Waals surface area contributed by atoms with Gasteiger partial charge in [-0.1, -0.05) is 0 Å². The Morgan fingerprint density at radius 2 is 1.77 bits per heavy atom. The van der Waals surface area contributed by atoms with Gasteiger partial charge in [0.25, 0.3) is 0 Å². The number of rotatable bonds is 3. The minimum Gasteiger partial charge on any atom is -0.461 e. The van der Waals surface area contributed by atoms with Crippen molar-refractivity contribution in [1.29, 1.82) is 0 Å². The highest BCUT2D eigenvalue weighted by Gasteiger charge is 2.46. The Morgan fingerprint density at radius 1 is 1.12 bits per heavy atom. The van der Waals surface area contributed by atoms with Crippen LogP contribution in [-0.2, 0) is 4.74 Å². The second kappa shape index (κ2) is 5.93. The molecule has 4 bridgehead atoms. The summed E-state index contributed by atoms with van der Waals surface area (Å²) in [5.74, 6) is 1.74. The summed E-state index contributed by atoms with van der Waals surface area (Å²) in [4.78, 5) is 12.7. The lowest BCUT2D eigenvalue weighted by atomic mass is 9.67. The molecule has 1 aromatic heterocycles. The summed E-state index contributed by atoms with van der Waals surface area (Å²) in [6, 6.07) is 6.39. The summed E-state index contributed by atoms with van der Waals surface area (Å²) in [5.41, 5.74) is 3.58. The van der Waals surface area contributed by atoms with Crippen LogP contribution in [0.3, 0.4) is 0 Å². The summed E-state index contributed by atoms with van der Waals surface area (Å²) < 4.78 is 20.6. The zero-order valence-electron chi connectivity index (χ0n) is 15.0. The number of halogens is 1. The van der Waals surface area contributed by atoms with E-state index in [9.17, 15) is 9.18 Å². The van der Waals surface area contributed by atoms with E-state index in [4.69, 9.17) is 9.84 Å². The third kappa shape index (κ3) is 2.40. The van der Waals surface area contributed by atoms with Crippen LogP contribution in [0.4, 0.5) is 4.39 Å². The van der Waals surface area contributed by atoms with Crippen molar-refractivity contribution in [2.45, 2.75) is 50.9 Å². The first-order valence-electron chi connectivity index (χ1n) is 9.70. The third-order valence-corrected chi connectivity index (χ3v) is 6.43. The largest absolute Gasteiger partial charge is 0.461 e. The molecule has 0 amide bonds. The molecule has 136 valence electrons. The van der Waals surface area contributed by atoms with Gasteiger partial charge in [0.2, 0.25) is 0 Å². The SMILES string of the molecule is CCOC(=O)c1nn(-c2ccc(F)cc2)c2c1C1CC3CC(C1)CC2C3. The topological polar surface area (TPSA) is 44.1 Å². The van der Waals surface area contributed by atoms with E-state index in [1.165, 1.54) is 37.1 Å². The Balaban J connectivity index is 1.71. The number of ether oxygens (including phenoxy) is 1. The molecule has 0 N–H and O–H groups in total. The fourth-order valence-electron chi connectivity index (χ4n) is 5.68. The Kier molecular flexibility index (Phi) is 3.66. The molecule has 0 aliphatic heterocycles. The van der Waals surface area contributed by atoms with Gasteiger partial charge in [-0.25, -0.2) is 13.9 Å². The van der Waals surface area contributed by atoms with Crippen LogP contribution in [0, 0.1) is 17.7 Å². The number of hydrogen-bond donors (Lipinski definition) is 0. The molecule has 1 heterocycles. The fraction of sp³-hybridized carbons (Fsp3) is 0.524. The van der Waals surface area contributed by atoms with Crippen molar-refractivity contribution in [1.82, 2.24) is 9.78 Å². The van der Waals surface area contributed by atoms with Gasteiger partial charge >= 0.3 is 5.97 Å². The van der Waals surface area contributed by atoms with Crippen molar-refractivity contribution < 1.29 is 13.9 Å². The molecule has 0 saturated heterocycles. The maximum Gasteiger partial charge on any atom is 0.359 e. The van der Waals surface area contributed by atoms with Gasteiger partial charge < -0.3 is 4.74 Å². The summed E-state index contributed by atoms with van der Waals surface area (Å²) in [6.07, 6.45) is 5.99. The minimum absolute atomic E-state index is 0.266. The van der Waals surface area contributed by atoms with Crippen molar-refractivity contribution in [3.8, 4) is 5.69 Å². The highest BCUT2D eigenvalue weighted by molar-refractivity contribution is 5.90. The van der Waals surface area contributed by atoms with E-state index in [1.807, 2.05) is 11.6 Å². The standard InChI is InChI=1S/C21H23FN2O2/c1-2-26-21(25)19-18-14-8-12-7-13(9-14)11-15(10-12)20(18)24(23-19)17-5-3-16(22)4-6-17/h3-6,12-15H,2,7-11H2,1H3. The number of carbonyl (C=O) groups is 1. The average molecular weight is 354 g/mol. The van der Waals surface area contributed by atoms with Crippen molar-refractivity contribution in [3.63, 3.8) is 0 Å². The van der Waals surface area contributed by atoms with Crippen LogP contribution in [0.2, 0.25) is 0 Å². The maximum absolute atomic E-state index is 13.4. The van der Waals surface area contributed by atoms with Crippen LogP contribution in [0.25, 0.3) is 5.69 Å². The Bertz CT molecular complexity index is 844. The molecule has 4 nitrogen and oxygen atoms in total. The van der Waals surface area contributed by atoms with E-state index in [-0.39, 0.29) is 11.8 Å². The van der Waals surface area contributed by atoms with Crippen LogP contribution >= 0.6 is 0 Å². The van der Waals surface area contributed by atoms with Crippen LogP contribution in [0.1, 0.15) is 72.6 Å². The Labute approximate surface area is 152 Å². The van der Waals surface area contributed by atoms with Gasteiger partial charge in [0.1, 0.15) is 5.82 Å². The van der Waals surface area contributed by atoms with Gasteiger partial charge in [-0.15, -0.1) is 0 Å². The van der Waals surface area contributed by atoms with Gasteiger partial charge in [0.05, 0.1) is 18.0 Å². The lowest BCUT2D eigenvalue weighted by Gasteiger charge is -2.38. The molecule has 0 spiro atoms. The molecule has 6 rings (SSSR count). The fourth-order valence-corrected chi connectivity index (χ4v) is 5.68. The molecule has 2 unspecified atom stereocenters. The molecule has 0 radical (unpaired) electrons.